The number of carboxylic acids is 1. The van der Waals surface area contributed by atoms with Gasteiger partial charge in [-0.25, -0.2) is 9.40 Å². The number of hydrogen-bond donors (Lipinski definition) is 3. The van der Waals surface area contributed by atoms with Gasteiger partial charge in [0, 0.05) is 26.6 Å². The average Bonchev–Trinajstić information content (AvgIpc) is 2.93. The maximum Gasteiger partial charge on any atom is 0.303 e. The van der Waals surface area contributed by atoms with Crippen LogP contribution >= 0.6 is 0 Å². The lowest BCUT2D eigenvalue weighted by Gasteiger charge is -2.55. The highest BCUT2D eigenvalue weighted by Crippen LogP contribution is 2.30. The van der Waals surface area contributed by atoms with Gasteiger partial charge in [-0.1, -0.05) is 54.6 Å². The Labute approximate surface area is 231 Å². The molecule has 5 rings (SSSR count). The van der Waals surface area contributed by atoms with Crippen molar-refractivity contribution in [1.82, 2.24) is 25.1 Å². The minimum atomic E-state index is -1.25. The number of carbonyl (C=O) groups is 3. The first-order valence-electron chi connectivity index (χ1n) is 13.2. The number of halogens is 1. The zero-order valence-electron chi connectivity index (χ0n) is 22.1. The van der Waals surface area contributed by atoms with Crippen LogP contribution < -0.4 is 5.32 Å². The van der Waals surface area contributed by atoms with Crippen LogP contribution in [0.4, 0.5) is 4.39 Å². The molecule has 2 amide bonds. The molecule has 3 aromatic carbocycles. The van der Waals surface area contributed by atoms with Crippen LogP contribution in [0.15, 0.2) is 66.7 Å². The maximum atomic E-state index is 13.8. The average molecular weight is 550 g/mol. The Hall–Kier alpha value is -3.90. The van der Waals surface area contributed by atoms with E-state index < -0.39 is 24.5 Å². The summed E-state index contributed by atoms with van der Waals surface area (Å²) in [5.74, 6) is -2.06. The molecule has 2 aliphatic rings. The molecule has 11 heteroatoms. The molecule has 210 valence electrons. The Morgan fingerprint density at radius 2 is 1.80 bits per heavy atom. The number of hydrogen-bond acceptors (Lipinski definition) is 7. The molecule has 2 aliphatic heterocycles. The monoisotopic (exact) mass is 549 g/mol. The fraction of sp³-hybridized carbons (Fsp3) is 0.345. The number of amides is 2. The summed E-state index contributed by atoms with van der Waals surface area (Å²) in [6.07, 6.45) is -2.31. The van der Waals surface area contributed by atoms with Crippen molar-refractivity contribution in [2.45, 2.75) is 44.5 Å². The largest absolute Gasteiger partial charge is 0.481 e. The Balaban J connectivity index is 1.44. The first kappa shape index (κ1) is 27.7. The summed E-state index contributed by atoms with van der Waals surface area (Å²) in [5, 5.41) is 28.8. The fourth-order valence-corrected chi connectivity index (χ4v) is 5.61. The standard InChI is InChI=1S/C29H32FN5O5/c1-32-18-26(36)34-24(13-14-27(37)38)28(39)33(16-21-7-4-6-20-5-2-3-8-23(20)21)17-25(34)35(32)29(40)31-15-19-9-11-22(30)12-10-19/h2-12,24-25,29,31,40H,13-18H2,1H3,(H,37,38)/t24-,25-,29?/m0/s1. The van der Waals surface area contributed by atoms with Gasteiger partial charge in [-0.3, -0.25) is 19.7 Å². The first-order valence-corrected chi connectivity index (χ1v) is 13.2. The van der Waals surface area contributed by atoms with E-state index in [9.17, 15) is 29.0 Å². The number of aliphatic carboxylic acids is 1. The van der Waals surface area contributed by atoms with Crippen molar-refractivity contribution in [3.63, 3.8) is 0 Å². The van der Waals surface area contributed by atoms with E-state index in [-0.39, 0.29) is 56.7 Å². The van der Waals surface area contributed by atoms with Crippen molar-refractivity contribution in [1.29, 1.82) is 0 Å². The van der Waals surface area contributed by atoms with E-state index >= 15 is 0 Å². The van der Waals surface area contributed by atoms with Crippen molar-refractivity contribution in [2.24, 2.45) is 0 Å². The van der Waals surface area contributed by atoms with E-state index in [4.69, 9.17) is 0 Å². The number of aliphatic hydroxyl groups is 1. The molecule has 0 radical (unpaired) electrons. The number of rotatable bonds is 9. The Kier molecular flexibility index (Phi) is 8.08. The number of nitrogens with one attached hydrogen (secondary N) is 1. The van der Waals surface area contributed by atoms with Crippen LogP contribution in [0.2, 0.25) is 0 Å². The predicted octanol–water partition coefficient (Wildman–Crippen LogP) is 1.94. The second-order valence-corrected chi connectivity index (χ2v) is 10.2. The smallest absolute Gasteiger partial charge is 0.303 e. The van der Waals surface area contributed by atoms with Crippen LogP contribution in [0.1, 0.15) is 24.0 Å². The molecule has 1 unspecified atom stereocenters. The lowest BCUT2D eigenvalue weighted by molar-refractivity contribution is -0.241. The zero-order chi connectivity index (χ0) is 28.4. The van der Waals surface area contributed by atoms with Crippen LogP contribution in [0.3, 0.4) is 0 Å². The van der Waals surface area contributed by atoms with Gasteiger partial charge in [0.25, 0.3) is 0 Å². The van der Waals surface area contributed by atoms with Gasteiger partial charge in [0.1, 0.15) is 18.0 Å². The van der Waals surface area contributed by atoms with Crippen molar-refractivity contribution in [3.05, 3.63) is 83.7 Å². The van der Waals surface area contributed by atoms with Gasteiger partial charge in [0.15, 0.2) is 6.35 Å². The molecule has 0 aliphatic carbocycles. The molecule has 0 bridgehead atoms. The van der Waals surface area contributed by atoms with Crippen molar-refractivity contribution in [3.8, 4) is 0 Å². The molecule has 2 heterocycles. The van der Waals surface area contributed by atoms with Crippen molar-refractivity contribution in [2.75, 3.05) is 20.1 Å². The van der Waals surface area contributed by atoms with Crippen LogP contribution in [0.25, 0.3) is 10.8 Å². The highest BCUT2D eigenvalue weighted by molar-refractivity contribution is 5.91. The third kappa shape index (κ3) is 5.68. The van der Waals surface area contributed by atoms with Gasteiger partial charge in [-0.15, -0.1) is 0 Å². The van der Waals surface area contributed by atoms with E-state index in [0.717, 1.165) is 21.9 Å². The van der Waals surface area contributed by atoms with E-state index in [1.165, 1.54) is 17.0 Å². The second-order valence-electron chi connectivity index (χ2n) is 10.2. The summed E-state index contributed by atoms with van der Waals surface area (Å²) in [7, 11) is 1.68. The Morgan fingerprint density at radius 1 is 1.07 bits per heavy atom. The highest BCUT2D eigenvalue weighted by atomic mass is 19.1. The molecular weight excluding hydrogens is 517 g/mol. The predicted molar refractivity (Wildman–Crippen MR) is 144 cm³/mol. The third-order valence-corrected chi connectivity index (χ3v) is 7.51. The number of piperazine rings is 1. The van der Waals surface area contributed by atoms with E-state index in [1.807, 2.05) is 42.5 Å². The van der Waals surface area contributed by atoms with Crippen LogP contribution in [0, 0.1) is 5.82 Å². The zero-order valence-corrected chi connectivity index (χ0v) is 22.1. The highest BCUT2D eigenvalue weighted by Gasteiger charge is 2.50. The Morgan fingerprint density at radius 3 is 2.55 bits per heavy atom. The minimum Gasteiger partial charge on any atom is -0.481 e. The molecule has 0 aromatic heterocycles. The number of benzene rings is 3. The van der Waals surface area contributed by atoms with Crippen LogP contribution in [0.5, 0.6) is 0 Å². The summed E-state index contributed by atoms with van der Waals surface area (Å²) in [6.45, 7) is 0.509. The van der Waals surface area contributed by atoms with Gasteiger partial charge >= 0.3 is 5.97 Å². The first-order chi connectivity index (χ1) is 19.2. The number of likely N-dealkylation sites (N-methyl/N-ethyl adjacent to an activating group) is 1. The summed E-state index contributed by atoms with van der Waals surface area (Å²) < 4.78 is 13.3. The quantitative estimate of drug-likeness (QED) is 0.347. The van der Waals surface area contributed by atoms with Gasteiger partial charge in [-0.05, 0) is 40.5 Å². The Bertz CT molecular complexity index is 1400. The molecule has 2 saturated heterocycles. The van der Waals surface area contributed by atoms with E-state index in [1.54, 1.807) is 34.1 Å². The number of hydrazine groups is 1. The van der Waals surface area contributed by atoms with Gasteiger partial charge in [-0.2, -0.15) is 5.01 Å². The van der Waals surface area contributed by atoms with Gasteiger partial charge in [0.2, 0.25) is 11.8 Å². The minimum absolute atomic E-state index is 0.0426. The lowest BCUT2D eigenvalue weighted by atomic mass is 9.99. The maximum absolute atomic E-state index is 13.8. The number of aliphatic hydroxyl groups excluding tert-OH is 1. The number of carboxylic acid groups (broad SMARTS) is 1. The molecular formula is C29H32FN5O5. The number of carbonyl (C=O) groups excluding carboxylic acids is 2. The summed E-state index contributed by atoms with van der Waals surface area (Å²) in [4.78, 5) is 41.6. The summed E-state index contributed by atoms with van der Waals surface area (Å²) in [6, 6.07) is 18.6. The second kappa shape index (κ2) is 11.7. The van der Waals surface area contributed by atoms with Gasteiger partial charge in [0.05, 0.1) is 13.1 Å². The van der Waals surface area contributed by atoms with Crippen LogP contribution in [-0.4, -0.2) is 86.5 Å². The number of fused-ring (bicyclic) bond motifs is 2. The summed E-state index contributed by atoms with van der Waals surface area (Å²) in [5.41, 5.74) is 1.68. The van der Waals surface area contributed by atoms with Crippen molar-refractivity contribution < 1.29 is 29.0 Å². The SMILES string of the molecule is CN1CC(=O)N2[C@@H](CCC(=O)O)C(=O)N(Cc3cccc4ccccc34)C[C@@H]2N1C(O)NCc1ccc(F)cc1. The normalized spacial score (nSPS) is 21.1. The number of nitrogens with zero attached hydrogens (tertiary/aromatic N) is 4. The molecule has 40 heavy (non-hydrogen) atoms. The van der Waals surface area contributed by atoms with Gasteiger partial charge < -0.3 is 20.0 Å². The lowest BCUT2D eigenvalue weighted by Crippen LogP contribution is -2.76. The van der Waals surface area contributed by atoms with Crippen LogP contribution in [-0.2, 0) is 27.5 Å². The molecule has 3 atom stereocenters. The topological polar surface area (TPSA) is 117 Å². The molecule has 3 aromatic rings. The van der Waals surface area contributed by atoms with E-state index in [2.05, 4.69) is 5.32 Å². The molecule has 3 N–H and O–H groups in total. The fourth-order valence-electron chi connectivity index (χ4n) is 5.61. The molecule has 10 nitrogen and oxygen atoms in total. The van der Waals surface area contributed by atoms with E-state index in [0.29, 0.717) is 0 Å². The molecule has 2 fully saturated rings. The third-order valence-electron chi connectivity index (χ3n) is 7.51. The molecule has 0 spiro atoms. The molecule has 0 saturated carbocycles. The summed E-state index contributed by atoms with van der Waals surface area (Å²) >= 11 is 0. The van der Waals surface area contributed by atoms with Crippen molar-refractivity contribution >= 4 is 28.6 Å².